The van der Waals surface area contributed by atoms with E-state index in [1.54, 1.807) is 24.1 Å². The molecule has 1 amide bonds. The molecule has 2 N–H and O–H groups in total. The summed E-state index contributed by atoms with van der Waals surface area (Å²) in [5, 5.41) is 18.6. The zero-order valence-corrected chi connectivity index (χ0v) is 18.0. The van der Waals surface area contributed by atoms with Crippen molar-refractivity contribution < 1.29 is 14.6 Å². The van der Waals surface area contributed by atoms with Crippen LogP contribution in [0.4, 0.5) is 5.69 Å². The van der Waals surface area contributed by atoms with Crippen molar-refractivity contribution in [1.29, 1.82) is 0 Å². The Morgan fingerprint density at radius 3 is 2.69 bits per heavy atom. The molecule has 1 saturated heterocycles. The molecule has 7 nitrogen and oxygen atoms in total. The number of rotatable bonds is 6. The topological polar surface area (TPSA) is 79.6 Å². The lowest BCUT2D eigenvalue weighted by molar-refractivity contribution is -0.117. The van der Waals surface area contributed by atoms with Crippen LogP contribution in [0, 0.1) is 13.8 Å². The molecule has 158 valence electrons. The zero-order chi connectivity index (χ0) is 21.0. The van der Waals surface area contributed by atoms with E-state index in [1.807, 2.05) is 26.0 Å². The van der Waals surface area contributed by atoms with Crippen LogP contribution < -0.4 is 10.1 Å². The molecular weight excluding hydrogens is 392 g/mol. The standard InChI is InChI=1S/C21H29ClN4O3/c1-15-9-18(10-16(2)20(15)22)29-14-21(28)5-4-7-26(8-6-21)13-19(27)24-17-11-23-25(3)12-17/h9-12,28H,4-8,13-14H2,1-3H3,(H,24,27). The van der Waals surface area contributed by atoms with Crippen molar-refractivity contribution in [1.82, 2.24) is 14.7 Å². The fourth-order valence-corrected chi connectivity index (χ4v) is 3.74. The predicted molar refractivity (Wildman–Crippen MR) is 113 cm³/mol. The first-order chi connectivity index (χ1) is 13.7. The number of hydrogen-bond acceptors (Lipinski definition) is 5. The largest absolute Gasteiger partial charge is 0.491 e. The van der Waals surface area contributed by atoms with E-state index in [2.05, 4.69) is 15.3 Å². The summed E-state index contributed by atoms with van der Waals surface area (Å²) in [6, 6.07) is 3.79. The molecule has 0 spiro atoms. The molecule has 2 aromatic rings. The highest BCUT2D eigenvalue weighted by atomic mass is 35.5. The minimum atomic E-state index is -0.907. The molecule has 29 heavy (non-hydrogen) atoms. The van der Waals surface area contributed by atoms with Crippen LogP contribution in [-0.4, -0.2) is 57.5 Å². The van der Waals surface area contributed by atoms with E-state index >= 15 is 0 Å². The van der Waals surface area contributed by atoms with Crippen molar-refractivity contribution in [3.63, 3.8) is 0 Å². The van der Waals surface area contributed by atoms with Gasteiger partial charge in [0.25, 0.3) is 0 Å². The Kier molecular flexibility index (Phi) is 6.82. The molecule has 0 aliphatic carbocycles. The van der Waals surface area contributed by atoms with Gasteiger partial charge >= 0.3 is 0 Å². The fraction of sp³-hybridized carbons (Fsp3) is 0.524. The molecule has 1 aromatic heterocycles. The number of carbonyl (C=O) groups excluding carboxylic acids is 1. The van der Waals surface area contributed by atoms with Crippen LogP contribution in [-0.2, 0) is 11.8 Å². The number of ether oxygens (including phenoxy) is 1. The van der Waals surface area contributed by atoms with Gasteiger partial charge in [0.2, 0.25) is 5.91 Å². The van der Waals surface area contributed by atoms with Crippen LogP contribution in [0.1, 0.15) is 30.4 Å². The second-order valence-corrected chi connectivity index (χ2v) is 8.34. The Morgan fingerprint density at radius 2 is 2.03 bits per heavy atom. The molecule has 8 heteroatoms. The monoisotopic (exact) mass is 420 g/mol. The van der Waals surface area contributed by atoms with Gasteiger partial charge in [-0.3, -0.25) is 14.4 Å². The van der Waals surface area contributed by atoms with Crippen LogP contribution in [0.15, 0.2) is 24.5 Å². The van der Waals surface area contributed by atoms with Gasteiger partial charge in [-0.1, -0.05) is 11.6 Å². The number of aryl methyl sites for hydroxylation is 3. The SMILES string of the molecule is Cc1cc(OCC2(O)CCCN(CC(=O)Nc3cnn(C)c3)CC2)cc(C)c1Cl. The van der Waals surface area contributed by atoms with Gasteiger partial charge in [-0.05, 0) is 62.9 Å². The van der Waals surface area contributed by atoms with Crippen molar-refractivity contribution in [3.8, 4) is 5.75 Å². The maximum Gasteiger partial charge on any atom is 0.238 e. The third kappa shape index (κ3) is 5.95. The van der Waals surface area contributed by atoms with Crippen LogP contribution in [0.5, 0.6) is 5.75 Å². The lowest BCUT2D eigenvalue weighted by atomic mass is 9.96. The zero-order valence-electron chi connectivity index (χ0n) is 17.2. The van der Waals surface area contributed by atoms with E-state index in [-0.39, 0.29) is 12.5 Å². The fourth-order valence-electron chi connectivity index (χ4n) is 3.63. The van der Waals surface area contributed by atoms with E-state index in [4.69, 9.17) is 16.3 Å². The molecule has 1 aromatic carbocycles. The number of nitrogens with one attached hydrogen (secondary N) is 1. The maximum absolute atomic E-state index is 12.3. The van der Waals surface area contributed by atoms with Crippen molar-refractivity contribution in [2.24, 2.45) is 7.05 Å². The third-order valence-electron chi connectivity index (χ3n) is 5.28. The minimum Gasteiger partial charge on any atom is -0.491 e. The highest BCUT2D eigenvalue weighted by Gasteiger charge is 2.31. The summed E-state index contributed by atoms with van der Waals surface area (Å²) in [6.07, 6.45) is 5.38. The highest BCUT2D eigenvalue weighted by Crippen LogP contribution is 2.28. The Hall–Kier alpha value is -2.09. The van der Waals surface area contributed by atoms with Crippen LogP contribution in [0.25, 0.3) is 0 Å². The summed E-state index contributed by atoms with van der Waals surface area (Å²) in [7, 11) is 1.81. The van der Waals surface area contributed by atoms with Crippen molar-refractivity contribution in [2.75, 3.05) is 31.6 Å². The summed E-state index contributed by atoms with van der Waals surface area (Å²) in [6.45, 7) is 5.81. The quantitative estimate of drug-likeness (QED) is 0.751. The lowest BCUT2D eigenvalue weighted by Gasteiger charge is -2.27. The number of amides is 1. The first kappa shape index (κ1) is 21.6. The molecule has 1 unspecified atom stereocenters. The molecule has 0 radical (unpaired) electrons. The Bertz CT molecular complexity index is 846. The molecule has 2 heterocycles. The van der Waals surface area contributed by atoms with E-state index in [9.17, 15) is 9.90 Å². The summed E-state index contributed by atoms with van der Waals surface area (Å²) in [4.78, 5) is 14.3. The van der Waals surface area contributed by atoms with Crippen LogP contribution in [0.2, 0.25) is 5.02 Å². The average molecular weight is 421 g/mol. The Labute approximate surface area is 176 Å². The average Bonchev–Trinajstić information content (AvgIpc) is 2.97. The number of benzene rings is 1. The van der Waals surface area contributed by atoms with Gasteiger partial charge in [0.05, 0.1) is 24.0 Å². The highest BCUT2D eigenvalue weighted by molar-refractivity contribution is 6.32. The maximum atomic E-state index is 12.3. The number of likely N-dealkylation sites (tertiary alicyclic amines) is 1. The normalized spacial score (nSPS) is 20.3. The summed E-state index contributed by atoms with van der Waals surface area (Å²) in [5.41, 5.74) is 1.70. The number of aromatic nitrogens is 2. The number of carbonyl (C=O) groups is 1. The number of hydrogen-bond donors (Lipinski definition) is 2. The molecule has 1 aliphatic rings. The predicted octanol–water partition coefficient (Wildman–Crippen LogP) is 2.92. The van der Waals surface area contributed by atoms with E-state index in [0.29, 0.717) is 31.6 Å². The van der Waals surface area contributed by atoms with Gasteiger partial charge in [0, 0.05) is 24.8 Å². The van der Waals surface area contributed by atoms with Crippen molar-refractivity contribution in [2.45, 2.75) is 38.7 Å². The summed E-state index contributed by atoms with van der Waals surface area (Å²) >= 11 is 6.21. The number of anilines is 1. The van der Waals surface area contributed by atoms with Gasteiger partial charge in [-0.2, -0.15) is 5.10 Å². The van der Waals surface area contributed by atoms with E-state index in [0.717, 1.165) is 34.9 Å². The molecule has 0 saturated carbocycles. The summed E-state index contributed by atoms with van der Waals surface area (Å²) < 4.78 is 7.55. The summed E-state index contributed by atoms with van der Waals surface area (Å²) in [5.74, 6) is 0.640. The first-order valence-electron chi connectivity index (χ1n) is 9.87. The van der Waals surface area contributed by atoms with Crippen molar-refractivity contribution >= 4 is 23.2 Å². The molecule has 0 bridgehead atoms. The first-order valence-corrected chi connectivity index (χ1v) is 10.2. The molecule has 3 rings (SSSR count). The number of halogens is 1. The second kappa shape index (κ2) is 9.15. The van der Waals surface area contributed by atoms with Gasteiger partial charge in [-0.15, -0.1) is 0 Å². The van der Waals surface area contributed by atoms with Crippen LogP contribution >= 0.6 is 11.6 Å². The van der Waals surface area contributed by atoms with Crippen molar-refractivity contribution in [3.05, 3.63) is 40.7 Å². The van der Waals surface area contributed by atoms with E-state index < -0.39 is 5.60 Å². The molecule has 1 aliphatic heterocycles. The van der Waals surface area contributed by atoms with E-state index in [1.165, 1.54) is 0 Å². The molecule has 1 fully saturated rings. The lowest BCUT2D eigenvalue weighted by Crippen LogP contribution is -2.38. The van der Waals surface area contributed by atoms with Gasteiger partial charge in [0.1, 0.15) is 12.4 Å². The molecule has 1 atom stereocenters. The Balaban J connectivity index is 1.51. The smallest absolute Gasteiger partial charge is 0.238 e. The third-order valence-corrected chi connectivity index (χ3v) is 5.88. The molecular formula is C21H29ClN4O3. The van der Waals surface area contributed by atoms with Crippen LogP contribution in [0.3, 0.4) is 0 Å². The van der Waals surface area contributed by atoms with Gasteiger partial charge in [0.15, 0.2) is 0 Å². The van der Waals surface area contributed by atoms with Gasteiger partial charge < -0.3 is 15.2 Å². The number of nitrogens with zero attached hydrogens (tertiary/aromatic N) is 3. The number of aliphatic hydroxyl groups is 1. The van der Waals surface area contributed by atoms with Gasteiger partial charge in [-0.25, -0.2) is 0 Å². The minimum absolute atomic E-state index is 0.0770. The Morgan fingerprint density at radius 1 is 1.31 bits per heavy atom. The second-order valence-electron chi connectivity index (χ2n) is 7.96.